The summed E-state index contributed by atoms with van der Waals surface area (Å²) in [4.78, 5) is 11.9. The molecular weight excluding hydrogens is 253 g/mol. The van der Waals surface area contributed by atoms with Crippen LogP contribution in [0.5, 0.6) is 0 Å². The Morgan fingerprint density at radius 1 is 1.33 bits per heavy atom. The SMILES string of the molecule is CC(C)CCC(C)NC(=O)c1ccc(F)cc1Cl. The number of nitrogens with one attached hydrogen (secondary N) is 1. The van der Waals surface area contributed by atoms with Gasteiger partial charge in [-0.3, -0.25) is 4.79 Å². The molecule has 100 valence electrons. The van der Waals surface area contributed by atoms with Crippen LogP contribution in [0.2, 0.25) is 5.02 Å². The van der Waals surface area contributed by atoms with Crippen molar-refractivity contribution in [2.75, 3.05) is 0 Å². The maximum atomic E-state index is 12.9. The van der Waals surface area contributed by atoms with Crippen LogP contribution in [-0.2, 0) is 0 Å². The lowest BCUT2D eigenvalue weighted by Crippen LogP contribution is -2.32. The van der Waals surface area contributed by atoms with Crippen LogP contribution in [0.1, 0.15) is 44.0 Å². The van der Waals surface area contributed by atoms with Crippen LogP contribution < -0.4 is 5.32 Å². The number of rotatable bonds is 5. The molecule has 0 bridgehead atoms. The Morgan fingerprint density at radius 2 is 2.00 bits per heavy atom. The molecule has 0 fully saturated rings. The predicted octanol–water partition coefficient (Wildman–Crippen LogP) is 4.03. The molecule has 2 nitrogen and oxygen atoms in total. The van der Waals surface area contributed by atoms with Crippen molar-refractivity contribution in [3.8, 4) is 0 Å². The van der Waals surface area contributed by atoms with Crippen LogP contribution >= 0.6 is 11.6 Å². The fourth-order valence-corrected chi connectivity index (χ4v) is 1.88. The third-order valence-electron chi connectivity index (χ3n) is 2.73. The van der Waals surface area contributed by atoms with Crippen LogP contribution in [0.3, 0.4) is 0 Å². The number of carbonyl (C=O) groups excluding carboxylic acids is 1. The molecule has 0 aliphatic heterocycles. The Morgan fingerprint density at radius 3 is 2.56 bits per heavy atom. The van der Waals surface area contributed by atoms with Gasteiger partial charge in [0.15, 0.2) is 0 Å². The van der Waals surface area contributed by atoms with Crippen LogP contribution in [0.25, 0.3) is 0 Å². The molecule has 1 aromatic rings. The van der Waals surface area contributed by atoms with Gasteiger partial charge in [0.05, 0.1) is 10.6 Å². The van der Waals surface area contributed by atoms with Gasteiger partial charge in [0.2, 0.25) is 0 Å². The van der Waals surface area contributed by atoms with Crippen molar-refractivity contribution in [1.29, 1.82) is 0 Å². The first-order chi connectivity index (χ1) is 8.40. The van der Waals surface area contributed by atoms with Gasteiger partial charge in [-0.25, -0.2) is 4.39 Å². The summed E-state index contributed by atoms with van der Waals surface area (Å²) in [6.07, 6.45) is 1.97. The van der Waals surface area contributed by atoms with E-state index in [-0.39, 0.29) is 17.0 Å². The fraction of sp³-hybridized carbons (Fsp3) is 0.500. The highest BCUT2D eigenvalue weighted by Crippen LogP contribution is 2.17. The quantitative estimate of drug-likeness (QED) is 0.861. The maximum absolute atomic E-state index is 12.9. The molecule has 1 N–H and O–H groups in total. The van der Waals surface area contributed by atoms with Crippen LogP contribution in [0, 0.1) is 11.7 Å². The van der Waals surface area contributed by atoms with Gasteiger partial charge in [-0.1, -0.05) is 25.4 Å². The molecule has 4 heteroatoms. The van der Waals surface area contributed by atoms with Gasteiger partial charge in [-0.15, -0.1) is 0 Å². The number of hydrogen-bond donors (Lipinski definition) is 1. The summed E-state index contributed by atoms with van der Waals surface area (Å²) in [7, 11) is 0. The molecule has 0 aliphatic carbocycles. The Bertz CT molecular complexity index is 420. The minimum Gasteiger partial charge on any atom is -0.350 e. The molecule has 0 saturated carbocycles. The standard InChI is InChI=1S/C14H19ClFNO/c1-9(2)4-5-10(3)17-14(18)12-7-6-11(16)8-13(12)15/h6-10H,4-5H2,1-3H3,(H,17,18). The number of carbonyl (C=O) groups is 1. The van der Waals surface area contributed by atoms with E-state index < -0.39 is 5.82 Å². The van der Waals surface area contributed by atoms with Crippen molar-refractivity contribution in [3.63, 3.8) is 0 Å². The molecule has 0 aliphatic rings. The van der Waals surface area contributed by atoms with E-state index in [4.69, 9.17) is 11.6 Å². The lowest BCUT2D eigenvalue weighted by atomic mass is 10.0. The third kappa shape index (κ3) is 4.65. The van der Waals surface area contributed by atoms with Crippen molar-refractivity contribution < 1.29 is 9.18 Å². The first-order valence-electron chi connectivity index (χ1n) is 6.16. The van der Waals surface area contributed by atoms with E-state index in [1.165, 1.54) is 12.1 Å². The minimum atomic E-state index is -0.440. The minimum absolute atomic E-state index is 0.0843. The lowest BCUT2D eigenvalue weighted by molar-refractivity contribution is 0.0937. The summed E-state index contributed by atoms with van der Waals surface area (Å²) in [6.45, 7) is 6.24. The van der Waals surface area contributed by atoms with E-state index >= 15 is 0 Å². The maximum Gasteiger partial charge on any atom is 0.253 e. The molecule has 0 saturated heterocycles. The van der Waals surface area contributed by atoms with Gasteiger partial charge in [0.25, 0.3) is 5.91 Å². The monoisotopic (exact) mass is 271 g/mol. The summed E-state index contributed by atoms with van der Waals surface area (Å²) in [5.74, 6) is -0.0839. The normalized spacial score (nSPS) is 12.6. The van der Waals surface area contributed by atoms with Crippen LogP contribution in [0.4, 0.5) is 4.39 Å². The Balaban J connectivity index is 2.59. The Kier molecular flexibility index (Phi) is 5.60. The van der Waals surface area contributed by atoms with E-state index in [9.17, 15) is 9.18 Å². The van der Waals surface area contributed by atoms with Crippen molar-refractivity contribution in [2.24, 2.45) is 5.92 Å². The molecule has 0 radical (unpaired) electrons. The smallest absolute Gasteiger partial charge is 0.253 e. The number of amides is 1. The molecule has 1 aromatic carbocycles. The highest BCUT2D eigenvalue weighted by Gasteiger charge is 2.13. The van der Waals surface area contributed by atoms with Crippen molar-refractivity contribution >= 4 is 17.5 Å². The molecule has 1 atom stereocenters. The first-order valence-corrected chi connectivity index (χ1v) is 6.54. The lowest BCUT2D eigenvalue weighted by Gasteiger charge is -2.15. The molecule has 1 unspecified atom stereocenters. The second-order valence-corrected chi connectivity index (χ2v) is 5.38. The Hall–Kier alpha value is -1.09. The number of halogens is 2. The third-order valence-corrected chi connectivity index (χ3v) is 3.04. The average molecular weight is 272 g/mol. The topological polar surface area (TPSA) is 29.1 Å². The molecule has 18 heavy (non-hydrogen) atoms. The van der Waals surface area contributed by atoms with Gasteiger partial charge in [-0.05, 0) is 43.9 Å². The number of benzene rings is 1. The second kappa shape index (κ2) is 6.74. The van der Waals surface area contributed by atoms with Crippen molar-refractivity contribution in [2.45, 2.75) is 39.7 Å². The zero-order valence-corrected chi connectivity index (χ0v) is 11.7. The number of hydrogen-bond acceptors (Lipinski definition) is 1. The van der Waals surface area contributed by atoms with Gasteiger partial charge >= 0.3 is 0 Å². The molecule has 0 heterocycles. The van der Waals surface area contributed by atoms with E-state index in [1.807, 2.05) is 6.92 Å². The zero-order chi connectivity index (χ0) is 13.7. The fourth-order valence-electron chi connectivity index (χ4n) is 1.63. The van der Waals surface area contributed by atoms with E-state index in [1.54, 1.807) is 0 Å². The molecular formula is C14H19ClFNO. The second-order valence-electron chi connectivity index (χ2n) is 4.97. The molecule has 1 amide bonds. The molecule has 1 rings (SSSR count). The summed E-state index contributed by atoms with van der Waals surface area (Å²) in [6, 6.07) is 3.87. The van der Waals surface area contributed by atoms with Gasteiger partial charge in [0.1, 0.15) is 5.82 Å². The van der Waals surface area contributed by atoms with Crippen LogP contribution in [-0.4, -0.2) is 11.9 Å². The largest absolute Gasteiger partial charge is 0.350 e. The summed E-state index contributed by atoms with van der Waals surface area (Å²) >= 11 is 5.83. The van der Waals surface area contributed by atoms with Gasteiger partial charge in [-0.2, -0.15) is 0 Å². The van der Waals surface area contributed by atoms with Gasteiger partial charge in [0, 0.05) is 6.04 Å². The van der Waals surface area contributed by atoms with E-state index in [2.05, 4.69) is 19.2 Å². The van der Waals surface area contributed by atoms with E-state index in [0.29, 0.717) is 11.5 Å². The first kappa shape index (κ1) is 15.0. The van der Waals surface area contributed by atoms with Crippen LogP contribution in [0.15, 0.2) is 18.2 Å². The van der Waals surface area contributed by atoms with Crippen molar-refractivity contribution in [1.82, 2.24) is 5.32 Å². The summed E-state index contributed by atoms with van der Waals surface area (Å²) < 4.78 is 12.9. The summed E-state index contributed by atoms with van der Waals surface area (Å²) in [5, 5.41) is 3.01. The van der Waals surface area contributed by atoms with Gasteiger partial charge < -0.3 is 5.32 Å². The highest BCUT2D eigenvalue weighted by atomic mass is 35.5. The summed E-state index contributed by atoms with van der Waals surface area (Å²) in [5.41, 5.74) is 0.314. The van der Waals surface area contributed by atoms with E-state index in [0.717, 1.165) is 18.9 Å². The molecule has 0 aromatic heterocycles. The van der Waals surface area contributed by atoms with Crippen molar-refractivity contribution in [3.05, 3.63) is 34.6 Å². The highest BCUT2D eigenvalue weighted by molar-refractivity contribution is 6.33. The predicted molar refractivity (Wildman–Crippen MR) is 72.4 cm³/mol. The molecule has 0 spiro atoms. The Labute approximate surface area is 113 Å². The average Bonchev–Trinajstić information content (AvgIpc) is 2.26. The zero-order valence-electron chi connectivity index (χ0n) is 11.0.